The molecule has 0 radical (unpaired) electrons. The van der Waals surface area contributed by atoms with Crippen LogP contribution in [0.25, 0.3) is 16.3 Å². The van der Waals surface area contributed by atoms with Crippen LogP contribution in [0.2, 0.25) is 0 Å². The lowest BCUT2D eigenvalue weighted by molar-refractivity contribution is -0.116. The summed E-state index contributed by atoms with van der Waals surface area (Å²) in [6.45, 7) is 1.96. The maximum Gasteiger partial charge on any atom is 0.236 e. The Kier molecular flexibility index (Phi) is 3.42. The quantitative estimate of drug-likeness (QED) is 0.800. The Hall–Kier alpha value is -2.28. The van der Waals surface area contributed by atoms with Gasteiger partial charge in [-0.15, -0.1) is 15.3 Å². The molecule has 6 nitrogen and oxygen atoms in total. The first-order valence-electron chi connectivity index (χ1n) is 6.35. The lowest BCUT2D eigenvalue weighted by Gasteiger charge is -1.98. The third kappa shape index (κ3) is 2.39. The van der Waals surface area contributed by atoms with Gasteiger partial charge in [0.1, 0.15) is 0 Å². The fraction of sp³-hybridized carbons (Fsp3) is 0.231. The number of amides is 1. The summed E-state index contributed by atoms with van der Waals surface area (Å²) in [5.41, 5.74) is 0.941. The Labute approximate surface area is 119 Å². The van der Waals surface area contributed by atoms with Crippen molar-refractivity contribution in [2.45, 2.75) is 19.8 Å². The largest absolute Gasteiger partial charge is 0.301 e. The summed E-state index contributed by atoms with van der Waals surface area (Å²) in [6, 6.07) is 9.72. The molecule has 3 rings (SSSR count). The van der Waals surface area contributed by atoms with Crippen molar-refractivity contribution in [3.63, 3.8) is 0 Å². The molecule has 1 amide bonds. The molecule has 0 aliphatic rings. The van der Waals surface area contributed by atoms with Gasteiger partial charge in [0.25, 0.3) is 0 Å². The first-order valence-corrected chi connectivity index (χ1v) is 7.17. The zero-order chi connectivity index (χ0) is 13.9. The zero-order valence-corrected chi connectivity index (χ0v) is 11.7. The van der Waals surface area contributed by atoms with Gasteiger partial charge in [0, 0.05) is 12.0 Å². The minimum Gasteiger partial charge on any atom is -0.301 e. The van der Waals surface area contributed by atoms with Gasteiger partial charge < -0.3 is 5.32 Å². The molecular weight excluding hydrogens is 274 g/mol. The fourth-order valence-electron chi connectivity index (χ4n) is 1.84. The Bertz CT molecular complexity index is 734. The van der Waals surface area contributed by atoms with Crippen molar-refractivity contribution in [2.24, 2.45) is 0 Å². The van der Waals surface area contributed by atoms with Crippen molar-refractivity contribution in [2.75, 3.05) is 5.32 Å². The van der Waals surface area contributed by atoms with Crippen molar-refractivity contribution in [3.05, 3.63) is 30.3 Å². The van der Waals surface area contributed by atoms with Crippen molar-refractivity contribution in [1.82, 2.24) is 19.8 Å². The summed E-state index contributed by atoms with van der Waals surface area (Å²) in [5, 5.41) is 15.9. The smallest absolute Gasteiger partial charge is 0.236 e. The van der Waals surface area contributed by atoms with Crippen molar-refractivity contribution in [3.8, 4) is 11.4 Å². The highest BCUT2D eigenvalue weighted by atomic mass is 32.1. The molecule has 0 spiro atoms. The standard InChI is InChI=1S/C13H13N5OS/c1-2-6-10(19)14-12-17-18-11(15-16-13(18)20-12)9-7-4-3-5-8-9/h3-5,7-8H,2,6H2,1H3,(H,14,17,19). The van der Waals surface area contributed by atoms with E-state index in [0.717, 1.165) is 12.0 Å². The van der Waals surface area contributed by atoms with Crippen LogP contribution < -0.4 is 5.32 Å². The maximum absolute atomic E-state index is 11.6. The molecule has 0 aliphatic carbocycles. The molecule has 102 valence electrons. The van der Waals surface area contributed by atoms with Gasteiger partial charge in [-0.25, -0.2) is 0 Å². The lowest BCUT2D eigenvalue weighted by atomic mass is 10.2. The van der Waals surface area contributed by atoms with Crippen molar-refractivity contribution >= 4 is 27.3 Å². The van der Waals surface area contributed by atoms with E-state index in [-0.39, 0.29) is 5.91 Å². The molecule has 0 aliphatic heterocycles. The molecule has 1 N–H and O–H groups in total. The Balaban J connectivity index is 1.93. The lowest BCUT2D eigenvalue weighted by Crippen LogP contribution is -2.10. The minimum atomic E-state index is -0.0290. The molecule has 0 saturated carbocycles. The van der Waals surface area contributed by atoms with Crippen LogP contribution in [0.4, 0.5) is 5.13 Å². The monoisotopic (exact) mass is 287 g/mol. The van der Waals surface area contributed by atoms with Gasteiger partial charge in [0.2, 0.25) is 16.0 Å². The number of benzene rings is 1. The highest BCUT2D eigenvalue weighted by molar-refractivity contribution is 7.20. The molecule has 0 unspecified atom stereocenters. The number of hydrogen-bond donors (Lipinski definition) is 1. The fourth-order valence-corrected chi connectivity index (χ4v) is 2.60. The molecule has 3 aromatic rings. The first-order chi connectivity index (χ1) is 9.78. The van der Waals surface area contributed by atoms with E-state index in [2.05, 4.69) is 20.6 Å². The van der Waals surface area contributed by atoms with E-state index in [4.69, 9.17) is 0 Å². The van der Waals surface area contributed by atoms with E-state index in [1.54, 1.807) is 4.52 Å². The predicted molar refractivity (Wildman–Crippen MR) is 77.6 cm³/mol. The minimum absolute atomic E-state index is 0.0290. The highest BCUT2D eigenvalue weighted by Crippen LogP contribution is 2.23. The molecule has 1 aromatic carbocycles. The summed E-state index contributed by atoms with van der Waals surface area (Å²) in [5.74, 6) is 0.645. The molecule has 0 atom stereocenters. The Morgan fingerprint density at radius 2 is 2.10 bits per heavy atom. The molecule has 0 bridgehead atoms. The maximum atomic E-state index is 11.6. The average Bonchev–Trinajstić information content (AvgIpc) is 2.99. The molecule has 0 fully saturated rings. The van der Waals surface area contributed by atoms with Crippen LogP contribution in [0.1, 0.15) is 19.8 Å². The normalized spacial score (nSPS) is 10.8. The third-order valence-corrected chi connectivity index (χ3v) is 3.56. The topological polar surface area (TPSA) is 72.2 Å². The van der Waals surface area contributed by atoms with Crippen LogP contribution in [0.5, 0.6) is 0 Å². The van der Waals surface area contributed by atoms with Gasteiger partial charge in [-0.3, -0.25) is 4.79 Å². The number of rotatable bonds is 4. The van der Waals surface area contributed by atoms with Crippen LogP contribution in [0.3, 0.4) is 0 Å². The summed E-state index contributed by atoms with van der Waals surface area (Å²) in [7, 11) is 0. The second-order valence-corrected chi connectivity index (χ2v) is 5.25. The van der Waals surface area contributed by atoms with E-state index < -0.39 is 0 Å². The zero-order valence-electron chi connectivity index (χ0n) is 10.9. The van der Waals surface area contributed by atoms with E-state index in [1.165, 1.54) is 11.3 Å². The van der Waals surface area contributed by atoms with E-state index >= 15 is 0 Å². The van der Waals surface area contributed by atoms with Gasteiger partial charge in [0.05, 0.1) is 0 Å². The number of anilines is 1. The van der Waals surface area contributed by atoms with E-state index in [1.807, 2.05) is 37.3 Å². The van der Waals surface area contributed by atoms with Gasteiger partial charge in [-0.2, -0.15) is 4.52 Å². The SMILES string of the molecule is CCCC(=O)Nc1nn2c(-c3ccccc3)nnc2s1. The number of carbonyl (C=O) groups excluding carboxylic acids is 1. The summed E-state index contributed by atoms with van der Waals surface area (Å²) >= 11 is 1.31. The number of nitrogens with one attached hydrogen (secondary N) is 1. The van der Waals surface area contributed by atoms with Crippen LogP contribution >= 0.6 is 11.3 Å². The first kappa shape index (κ1) is 12.7. The molecule has 0 saturated heterocycles. The van der Waals surface area contributed by atoms with Gasteiger partial charge in [-0.05, 0) is 6.42 Å². The third-order valence-electron chi connectivity index (χ3n) is 2.75. The number of fused-ring (bicyclic) bond motifs is 1. The summed E-state index contributed by atoms with van der Waals surface area (Å²) in [4.78, 5) is 12.2. The van der Waals surface area contributed by atoms with E-state index in [0.29, 0.717) is 22.3 Å². The van der Waals surface area contributed by atoms with Gasteiger partial charge in [-0.1, -0.05) is 48.6 Å². The number of hydrogen-bond acceptors (Lipinski definition) is 5. The van der Waals surface area contributed by atoms with E-state index in [9.17, 15) is 4.79 Å². The molecule has 20 heavy (non-hydrogen) atoms. The van der Waals surface area contributed by atoms with Crippen LogP contribution in [0, 0.1) is 0 Å². The number of aromatic nitrogens is 4. The molecule has 7 heteroatoms. The number of nitrogens with zero attached hydrogens (tertiary/aromatic N) is 4. The summed E-state index contributed by atoms with van der Waals surface area (Å²) in [6.07, 6.45) is 1.30. The second kappa shape index (κ2) is 5.38. The predicted octanol–water partition coefficient (Wildman–Crippen LogP) is 2.59. The van der Waals surface area contributed by atoms with Crippen LogP contribution in [0.15, 0.2) is 30.3 Å². The van der Waals surface area contributed by atoms with Crippen molar-refractivity contribution in [1.29, 1.82) is 0 Å². The highest BCUT2D eigenvalue weighted by Gasteiger charge is 2.14. The molecule has 2 aromatic heterocycles. The molecular formula is C13H13N5OS. The average molecular weight is 287 g/mol. The Morgan fingerprint density at radius 1 is 1.30 bits per heavy atom. The van der Waals surface area contributed by atoms with Gasteiger partial charge >= 0.3 is 0 Å². The number of carbonyl (C=O) groups is 1. The van der Waals surface area contributed by atoms with Crippen LogP contribution in [-0.2, 0) is 4.79 Å². The molecule has 2 heterocycles. The van der Waals surface area contributed by atoms with Crippen LogP contribution in [-0.4, -0.2) is 25.7 Å². The summed E-state index contributed by atoms with van der Waals surface area (Å²) < 4.78 is 1.65. The second-order valence-electron chi connectivity index (χ2n) is 4.29. The van der Waals surface area contributed by atoms with Gasteiger partial charge in [0.15, 0.2) is 5.82 Å². The Morgan fingerprint density at radius 3 is 2.85 bits per heavy atom. The van der Waals surface area contributed by atoms with Crippen molar-refractivity contribution < 1.29 is 4.79 Å².